The second kappa shape index (κ2) is 2.74. The van der Waals surface area contributed by atoms with Crippen LogP contribution in [0.5, 0.6) is 0 Å². The molecule has 0 amide bonds. The first-order valence-electron chi connectivity index (χ1n) is 3.46. The van der Waals surface area contributed by atoms with Crippen molar-refractivity contribution in [3.8, 4) is 0 Å². The Morgan fingerprint density at radius 1 is 1.30 bits per heavy atom. The van der Waals surface area contributed by atoms with Crippen LogP contribution in [0.25, 0.3) is 0 Å². The summed E-state index contributed by atoms with van der Waals surface area (Å²) in [5, 5.41) is 0. The predicted molar refractivity (Wildman–Crippen MR) is 44.4 cm³/mol. The maximum Gasteiger partial charge on any atom is 0.0142 e. The molecule has 0 spiro atoms. The molecule has 0 atom stereocenters. The van der Waals surface area contributed by atoms with Crippen LogP contribution in [0.2, 0.25) is 0 Å². The van der Waals surface area contributed by atoms with E-state index in [-0.39, 0.29) is 0 Å². The summed E-state index contributed by atoms with van der Waals surface area (Å²) < 4.78 is 0. The fraction of sp³-hybridized carbons (Fsp3) is 0.333. The predicted octanol–water partition coefficient (Wildman–Crippen LogP) is 2.30. The van der Waals surface area contributed by atoms with Crippen LogP contribution in [0.4, 0.5) is 0 Å². The molecule has 0 saturated heterocycles. The normalized spacial score (nSPS) is 18.1. The summed E-state index contributed by atoms with van der Waals surface area (Å²) in [6.45, 7) is 4.21. The van der Waals surface area contributed by atoms with E-state index < -0.39 is 0 Å². The molecule has 10 heavy (non-hydrogen) atoms. The van der Waals surface area contributed by atoms with E-state index in [0.717, 1.165) is 0 Å². The Balaban J connectivity index is 2.90. The molecule has 0 N–H and O–H groups in total. The van der Waals surface area contributed by atoms with Crippen LogP contribution in [0, 0.1) is 0 Å². The van der Waals surface area contributed by atoms with Gasteiger partial charge in [0.15, 0.2) is 0 Å². The first-order valence-corrected chi connectivity index (χ1v) is 3.46. The van der Waals surface area contributed by atoms with Crippen molar-refractivity contribution >= 4 is 0 Å². The summed E-state index contributed by atoms with van der Waals surface area (Å²) in [5.74, 6) is 0. The second-order valence-corrected chi connectivity index (χ2v) is 2.65. The van der Waals surface area contributed by atoms with Gasteiger partial charge in [0.2, 0.25) is 0 Å². The maximum atomic E-state index is 2.17. The Hall–Kier alpha value is -0.980. The molecule has 0 aromatic carbocycles. The van der Waals surface area contributed by atoms with Crippen molar-refractivity contribution in [3.05, 3.63) is 35.7 Å². The topological polar surface area (TPSA) is 3.24 Å². The Labute approximate surface area is 62.3 Å². The highest BCUT2D eigenvalue weighted by Crippen LogP contribution is 2.09. The summed E-state index contributed by atoms with van der Waals surface area (Å²) in [6, 6.07) is 0. The molecule has 0 unspecified atom stereocenters. The van der Waals surface area contributed by atoms with Gasteiger partial charge in [-0.3, -0.25) is 0 Å². The highest BCUT2D eigenvalue weighted by Gasteiger charge is 1.95. The van der Waals surface area contributed by atoms with Gasteiger partial charge < -0.3 is 4.90 Å². The van der Waals surface area contributed by atoms with Gasteiger partial charge in [-0.25, -0.2) is 0 Å². The molecule has 1 nitrogen and oxygen atoms in total. The third-order valence-electron chi connectivity index (χ3n) is 1.66. The minimum absolute atomic E-state index is 1.28. The van der Waals surface area contributed by atoms with Crippen molar-refractivity contribution in [2.45, 2.75) is 13.8 Å². The SMILES string of the molecule is CC1=CC=CN(C)C(C)=C1. The van der Waals surface area contributed by atoms with E-state index in [9.17, 15) is 0 Å². The van der Waals surface area contributed by atoms with Crippen molar-refractivity contribution in [1.82, 2.24) is 4.90 Å². The maximum absolute atomic E-state index is 2.17. The first-order chi connectivity index (χ1) is 4.70. The van der Waals surface area contributed by atoms with Gasteiger partial charge in [0.1, 0.15) is 0 Å². The molecule has 0 radical (unpaired) electrons. The molecule has 0 fully saturated rings. The summed E-state index contributed by atoms with van der Waals surface area (Å²) >= 11 is 0. The second-order valence-electron chi connectivity index (χ2n) is 2.65. The fourth-order valence-electron chi connectivity index (χ4n) is 0.921. The first kappa shape index (κ1) is 7.13. The van der Waals surface area contributed by atoms with Crippen LogP contribution in [-0.2, 0) is 0 Å². The Morgan fingerprint density at radius 3 is 2.70 bits per heavy atom. The van der Waals surface area contributed by atoms with E-state index in [2.05, 4.69) is 50.2 Å². The number of allylic oxidation sites excluding steroid dienone is 5. The molecule has 0 saturated carbocycles. The van der Waals surface area contributed by atoms with Gasteiger partial charge in [0, 0.05) is 18.9 Å². The molecular weight excluding hydrogens is 122 g/mol. The lowest BCUT2D eigenvalue weighted by atomic mass is 10.2. The largest absolute Gasteiger partial charge is 0.355 e. The van der Waals surface area contributed by atoms with Gasteiger partial charge in [-0.15, -0.1) is 0 Å². The van der Waals surface area contributed by atoms with Crippen molar-refractivity contribution in [2.24, 2.45) is 0 Å². The smallest absolute Gasteiger partial charge is 0.0142 e. The summed E-state index contributed by atoms with van der Waals surface area (Å²) in [6.07, 6.45) is 8.39. The monoisotopic (exact) mass is 135 g/mol. The van der Waals surface area contributed by atoms with Crippen molar-refractivity contribution < 1.29 is 0 Å². The molecule has 0 aromatic rings. The number of rotatable bonds is 0. The van der Waals surface area contributed by atoms with Crippen molar-refractivity contribution in [3.63, 3.8) is 0 Å². The molecule has 1 rings (SSSR count). The van der Waals surface area contributed by atoms with Gasteiger partial charge in [-0.2, -0.15) is 0 Å². The zero-order chi connectivity index (χ0) is 7.56. The van der Waals surface area contributed by atoms with Crippen molar-refractivity contribution in [2.75, 3.05) is 7.05 Å². The Morgan fingerprint density at radius 2 is 2.00 bits per heavy atom. The third kappa shape index (κ3) is 1.50. The zero-order valence-electron chi connectivity index (χ0n) is 6.76. The van der Waals surface area contributed by atoms with E-state index in [4.69, 9.17) is 0 Å². The fourth-order valence-corrected chi connectivity index (χ4v) is 0.921. The average Bonchev–Trinajstić information content (AvgIpc) is 1.96. The third-order valence-corrected chi connectivity index (χ3v) is 1.66. The van der Waals surface area contributed by atoms with Gasteiger partial charge in [-0.05, 0) is 31.6 Å². The molecule has 1 heterocycles. The molecule has 1 aliphatic rings. The number of hydrogen-bond acceptors (Lipinski definition) is 1. The Kier molecular flexibility index (Phi) is 1.95. The lowest BCUT2D eigenvalue weighted by Crippen LogP contribution is -2.05. The van der Waals surface area contributed by atoms with Crippen LogP contribution >= 0.6 is 0 Å². The molecule has 0 bridgehead atoms. The lowest BCUT2D eigenvalue weighted by molar-refractivity contribution is 0.571. The molecule has 0 aromatic heterocycles. The van der Waals surface area contributed by atoms with Gasteiger partial charge in [-0.1, -0.05) is 6.08 Å². The molecule has 0 aliphatic carbocycles. The van der Waals surface area contributed by atoms with Gasteiger partial charge in [0.05, 0.1) is 0 Å². The Bertz CT molecular complexity index is 209. The van der Waals surface area contributed by atoms with Gasteiger partial charge in [0.25, 0.3) is 0 Å². The molecular formula is C9H13N. The van der Waals surface area contributed by atoms with E-state index in [1.54, 1.807) is 0 Å². The zero-order valence-corrected chi connectivity index (χ0v) is 6.76. The number of nitrogens with zero attached hydrogens (tertiary/aromatic N) is 1. The van der Waals surface area contributed by atoms with Crippen LogP contribution in [0.3, 0.4) is 0 Å². The highest BCUT2D eigenvalue weighted by atomic mass is 15.1. The summed E-state index contributed by atoms with van der Waals surface area (Å²) in [7, 11) is 2.05. The quantitative estimate of drug-likeness (QED) is 0.492. The lowest BCUT2D eigenvalue weighted by Gasteiger charge is -2.12. The molecule has 1 heteroatoms. The van der Waals surface area contributed by atoms with Gasteiger partial charge >= 0.3 is 0 Å². The number of hydrogen-bond donors (Lipinski definition) is 0. The minimum atomic E-state index is 1.28. The molecule has 1 aliphatic heterocycles. The standard InChI is InChI=1S/C9H13N/c1-8-5-4-6-10(3)9(2)7-8/h4-7H,1-3H3. The van der Waals surface area contributed by atoms with E-state index in [0.29, 0.717) is 0 Å². The van der Waals surface area contributed by atoms with Crippen LogP contribution < -0.4 is 0 Å². The minimum Gasteiger partial charge on any atom is -0.355 e. The van der Waals surface area contributed by atoms with Crippen molar-refractivity contribution in [1.29, 1.82) is 0 Å². The summed E-state index contributed by atoms with van der Waals surface area (Å²) in [4.78, 5) is 2.10. The highest BCUT2D eigenvalue weighted by molar-refractivity contribution is 5.27. The van der Waals surface area contributed by atoms with E-state index >= 15 is 0 Å². The molecule has 54 valence electrons. The van der Waals surface area contributed by atoms with Crippen LogP contribution in [-0.4, -0.2) is 11.9 Å². The van der Waals surface area contributed by atoms with Crippen LogP contribution in [0.1, 0.15) is 13.8 Å². The van der Waals surface area contributed by atoms with E-state index in [1.807, 2.05) is 0 Å². The average molecular weight is 135 g/mol. The van der Waals surface area contributed by atoms with Crippen LogP contribution in [0.15, 0.2) is 35.7 Å². The summed E-state index contributed by atoms with van der Waals surface area (Å²) in [5.41, 5.74) is 2.58. The van der Waals surface area contributed by atoms with E-state index in [1.165, 1.54) is 11.3 Å².